The Kier molecular flexibility index (Phi) is 4.16. The maximum absolute atomic E-state index is 5.56. The van der Waals surface area contributed by atoms with Gasteiger partial charge < -0.3 is 15.1 Å². The Balaban J connectivity index is 1.51. The summed E-state index contributed by atoms with van der Waals surface area (Å²) in [6.07, 6.45) is 6.28. The van der Waals surface area contributed by atoms with Crippen molar-refractivity contribution in [1.82, 2.24) is 10.2 Å². The van der Waals surface area contributed by atoms with Crippen molar-refractivity contribution in [2.75, 3.05) is 10.6 Å². The average Bonchev–Trinajstić information content (AvgIpc) is 2.95. The molecule has 5 nitrogen and oxygen atoms in total. The van der Waals surface area contributed by atoms with Crippen molar-refractivity contribution in [2.45, 2.75) is 44.7 Å². The smallest absolute Gasteiger partial charge is 0.317 e. The molecular formula is C15H20N4O. The van der Waals surface area contributed by atoms with Crippen molar-refractivity contribution in [3.63, 3.8) is 0 Å². The van der Waals surface area contributed by atoms with E-state index in [0.717, 1.165) is 0 Å². The minimum atomic E-state index is 0.465. The molecule has 5 heteroatoms. The van der Waals surface area contributed by atoms with Gasteiger partial charge in [0.15, 0.2) is 0 Å². The number of aromatic nitrogens is 2. The molecule has 1 aromatic carbocycles. The topological polar surface area (TPSA) is 63.0 Å². The van der Waals surface area contributed by atoms with Crippen LogP contribution < -0.4 is 10.6 Å². The molecule has 0 saturated heterocycles. The Morgan fingerprint density at radius 3 is 2.55 bits per heavy atom. The molecule has 1 aromatic heterocycles. The van der Waals surface area contributed by atoms with E-state index in [-0.39, 0.29) is 0 Å². The molecule has 2 N–H and O–H groups in total. The zero-order valence-corrected chi connectivity index (χ0v) is 11.5. The molecule has 1 aliphatic carbocycles. The molecule has 20 heavy (non-hydrogen) atoms. The third kappa shape index (κ3) is 3.50. The van der Waals surface area contributed by atoms with E-state index in [4.69, 9.17) is 4.42 Å². The Morgan fingerprint density at radius 1 is 1.00 bits per heavy atom. The molecule has 1 saturated carbocycles. The fraction of sp³-hybridized carbons (Fsp3) is 0.467. The van der Waals surface area contributed by atoms with Gasteiger partial charge in [-0.1, -0.05) is 59.8 Å². The van der Waals surface area contributed by atoms with Crippen molar-refractivity contribution in [3.8, 4) is 0 Å². The molecule has 0 atom stereocenters. The van der Waals surface area contributed by atoms with Crippen molar-refractivity contribution < 1.29 is 4.42 Å². The van der Waals surface area contributed by atoms with E-state index in [1.54, 1.807) is 0 Å². The molecule has 0 spiro atoms. The lowest BCUT2D eigenvalue weighted by Gasteiger charge is -2.21. The maximum Gasteiger partial charge on any atom is 0.317 e. The van der Waals surface area contributed by atoms with Crippen LogP contribution in [0.4, 0.5) is 12.0 Å². The zero-order valence-electron chi connectivity index (χ0n) is 11.5. The molecule has 1 aliphatic rings. The number of benzene rings is 1. The molecule has 0 amide bonds. The lowest BCUT2D eigenvalue weighted by atomic mass is 9.96. The molecule has 2 aromatic rings. The Labute approximate surface area is 118 Å². The van der Waals surface area contributed by atoms with Crippen LogP contribution in [0.5, 0.6) is 0 Å². The normalized spacial score (nSPS) is 16.0. The minimum absolute atomic E-state index is 0.465. The number of nitrogens with one attached hydrogen (secondary N) is 2. The second-order valence-electron chi connectivity index (χ2n) is 5.23. The van der Waals surface area contributed by atoms with E-state index >= 15 is 0 Å². The first-order chi connectivity index (χ1) is 9.90. The summed E-state index contributed by atoms with van der Waals surface area (Å²) >= 11 is 0. The van der Waals surface area contributed by atoms with Gasteiger partial charge in [0, 0.05) is 12.6 Å². The van der Waals surface area contributed by atoms with Crippen molar-refractivity contribution in [2.24, 2.45) is 0 Å². The quantitative estimate of drug-likeness (QED) is 0.873. The third-order valence-electron chi connectivity index (χ3n) is 3.64. The molecule has 1 heterocycles. The van der Waals surface area contributed by atoms with Crippen LogP contribution in [0.3, 0.4) is 0 Å². The van der Waals surface area contributed by atoms with Gasteiger partial charge in [-0.2, -0.15) is 0 Å². The van der Waals surface area contributed by atoms with Crippen LogP contribution in [0.1, 0.15) is 37.7 Å². The summed E-state index contributed by atoms with van der Waals surface area (Å²) in [5, 5.41) is 14.5. The molecule has 3 rings (SSSR count). The van der Waals surface area contributed by atoms with Crippen molar-refractivity contribution in [3.05, 3.63) is 35.9 Å². The monoisotopic (exact) mass is 272 g/mol. The van der Waals surface area contributed by atoms with Crippen LogP contribution in [0.15, 0.2) is 34.7 Å². The summed E-state index contributed by atoms with van der Waals surface area (Å²) in [4.78, 5) is 0. The summed E-state index contributed by atoms with van der Waals surface area (Å²) in [5.74, 6) is 0. The van der Waals surface area contributed by atoms with Gasteiger partial charge >= 0.3 is 12.0 Å². The van der Waals surface area contributed by atoms with E-state index < -0.39 is 0 Å². The van der Waals surface area contributed by atoms with Crippen LogP contribution in [0, 0.1) is 0 Å². The van der Waals surface area contributed by atoms with Crippen LogP contribution in [0.25, 0.3) is 0 Å². The number of nitrogens with zero attached hydrogens (tertiary/aromatic N) is 2. The Bertz CT molecular complexity index is 520. The van der Waals surface area contributed by atoms with Crippen LogP contribution in [-0.4, -0.2) is 16.2 Å². The predicted molar refractivity (Wildman–Crippen MR) is 78.6 cm³/mol. The van der Waals surface area contributed by atoms with Gasteiger partial charge in [-0.25, -0.2) is 0 Å². The Morgan fingerprint density at radius 2 is 1.75 bits per heavy atom. The van der Waals surface area contributed by atoms with E-state index in [1.807, 2.05) is 18.2 Å². The molecule has 0 bridgehead atoms. The van der Waals surface area contributed by atoms with Crippen LogP contribution >= 0.6 is 0 Å². The molecular weight excluding hydrogens is 252 g/mol. The third-order valence-corrected chi connectivity index (χ3v) is 3.64. The molecule has 0 aliphatic heterocycles. The largest absolute Gasteiger partial charge is 0.390 e. The summed E-state index contributed by atoms with van der Waals surface area (Å²) in [7, 11) is 0. The van der Waals surface area contributed by atoms with Gasteiger partial charge in [0.2, 0.25) is 0 Å². The highest BCUT2D eigenvalue weighted by molar-refractivity contribution is 5.29. The minimum Gasteiger partial charge on any atom is -0.390 e. The van der Waals surface area contributed by atoms with Gasteiger partial charge in [0.25, 0.3) is 0 Å². The predicted octanol–water partition coefficient (Wildman–Crippen LogP) is 3.43. The molecule has 1 fully saturated rings. The fourth-order valence-corrected chi connectivity index (χ4v) is 2.55. The lowest BCUT2D eigenvalue weighted by Crippen LogP contribution is -2.22. The standard InChI is InChI=1S/C15H20N4O/c1-3-7-12(8-4-1)11-16-14-18-19-15(20-14)17-13-9-5-2-6-10-13/h1,3-4,7-8,13H,2,5-6,9-11H2,(H,16,18)(H,17,19). The van der Waals surface area contributed by atoms with Gasteiger partial charge in [0.1, 0.15) is 0 Å². The van der Waals surface area contributed by atoms with Gasteiger partial charge in [-0.05, 0) is 18.4 Å². The van der Waals surface area contributed by atoms with E-state index in [0.29, 0.717) is 24.6 Å². The number of rotatable bonds is 5. The van der Waals surface area contributed by atoms with Gasteiger partial charge in [-0.15, -0.1) is 0 Å². The first-order valence-corrected chi connectivity index (χ1v) is 7.28. The van der Waals surface area contributed by atoms with E-state index in [9.17, 15) is 0 Å². The number of hydrogen-bond acceptors (Lipinski definition) is 5. The average molecular weight is 272 g/mol. The summed E-state index contributed by atoms with van der Waals surface area (Å²) in [6, 6.07) is 11.6. The van der Waals surface area contributed by atoms with E-state index in [2.05, 4.69) is 33.0 Å². The van der Waals surface area contributed by atoms with Crippen LogP contribution in [0.2, 0.25) is 0 Å². The highest BCUT2D eigenvalue weighted by atomic mass is 16.4. The van der Waals surface area contributed by atoms with Crippen LogP contribution in [-0.2, 0) is 6.54 Å². The van der Waals surface area contributed by atoms with Crippen molar-refractivity contribution in [1.29, 1.82) is 0 Å². The fourth-order valence-electron chi connectivity index (χ4n) is 2.55. The second kappa shape index (κ2) is 6.41. The Hall–Kier alpha value is -2.04. The first kappa shape index (κ1) is 13.0. The summed E-state index contributed by atoms with van der Waals surface area (Å²) < 4.78 is 5.56. The van der Waals surface area contributed by atoms with E-state index in [1.165, 1.54) is 37.7 Å². The van der Waals surface area contributed by atoms with Gasteiger partial charge in [-0.3, -0.25) is 0 Å². The zero-order chi connectivity index (χ0) is 13.6. The summed E-state index contributed by atoms with van der Waals surface area (Å²) in [5.41, 5.74) is 1.19. The highest BCUT2D eigenvalue weighted by Gasteiger charge is 2.15. The molecule has 0 radical (unpaired) electrons. The molecule has 106 valence electrons. The number of anilines is 2. The van der Waals surface area contributed by atoms with Gasteiger partial charge in [0.05, 0.1) is 0 Å². The van der Waals surface area contributed by atoms with Crippen molar-refractivity contribution >= 4 is 12.0 Å². The maximum atomic E-state index is 5.56. The molecule has 0 unspecified atom stereocenters. The second-order valence-corrected chi connectivity index (χ2v) is 5.23. The first-order valence-electron chi connectivity index (χ1n) is 7.28. The summed E-state index contributed by atoms with van der Waals surface area (Å²) in [6.45, 7) is 0.686. The lowest BCUT2D eigenvalue weighted by molar-refractivity contribution is 0.449. The number of hydrogen-bond donors (Lipinski definition) is 2. The SMILES string of the molecule is c1ccc(CNc2nnc(NC3CCCCC3)o2)cc1. The highest BCUT2D eigenvalue weighted by Crippen LogP contribution is 2.21.